The van der Waals surface area contributed by atoms with Crippen LogP contribution in [0.2, 0.25) is 0 Å². The number of nitrogens with zero attached hydrogens (tertiary/aromatic N) is 2. The molecule has 2 aromatic rings. The maximum absolute atomic E-state index is 5.69. The van der Waals surface area contributed by atoms with Crippen molar-refractivity contribution in [3.05, 3.63) is 39.3 Å². The molecule has 150 valence electrons. The monoisotopic (exact) mass is 504 g/mol. The Bertz CT molecular complexity index is 749. The second-order valence-corrected chi connectivity index (χ2v) is 7.14. The fourth-order valence-corrected chi connectivity index (χ4v) is 3.34. The van der Waals surface area contributed by atoms with Gasteiger partial charge in [0.25, 0.3) is 0 Å². The van der Waals surface area contributed by atoms with E-state index in [1.54, 1.807) is 25.5 Å². The molecule has 27 heavy (non-hydrogen) atoms. The average molecular weight is 504 g/mol. The van der Waals surface area contributed by atoms with Crippen LogP contribution < -0.4 is 20.1 Å². The number of hydrogen-bond acceptors (Lipinski definition) is 5. The Balaban J connectivity index is 0.00000364. The van der Waals surface area contributed by atoms with Gasteiger partial charge >= 0.3 is 0 Å². The van der Waals surface area contributed by atoms with Crippen LogP contribution in [-0.2, 0) is 13.1 Å². The summed E-state index contributed by atoms with van der Waals surface area (Å²) in [5.41, 5.74) is 2.17. The van der Waals surface area contributed by atoms with Crippen molar-refractivity contribution in [2.45, 2.75) is 40.3 Å². The van der Waals surface area contributed by atoms with Gasteiger partial charge in [-0.3, -0.25) is 4.99 Å². The molecule has 0 saturated heterocycles. The van der Waals surface area contributed by atoms with Gasteiger partial charge in [0, 0.05) is 18.5 Å². The summed E-state index contributed by atoms with van der Waals surface area (Å²) in [4.78, 5) is 9.95. The van der Waals surface area contributed by atoms with E-state index in [0.29, 0.717) is 19.7 Å². The molecule has 0 spiro atoms. The average Bonchev–Trinajstić information content (AvgIpc) is 2.97. The molecule has 0 bridgehead atoms. The summed E-state index contributed by atoms with van der Waals surface area (Å²) in [5, 5.41) is 7.74. The molecule has 8 heteroatoms. The fourth-order valence-electron chi connectivity index (χ4n) is 2.46. The predicted octanol–water partition coefficient (Wildman–Crippen LogP) is 4.04. The van der Waals surface area contributed by atoms with Gasteiger partial charge in [-0.15, -0.1) is 35.3 Å². The molecule has 0 atom stereocenters. The zero-order valence-electron chi connectivity index (χ0n) is 16.6. The van der Waals surface area contributed by atoms with Gasteiger partial charge < -0.3 is 20.1 Å². The Labute approximate surface area is 182 Å². The first kappa shape index (κ1) is 23.5. The van der Waals surface area contributed by atoms with E-state index in [1.165, 1.54) is 4.88 Å². The Morgan fingerprint density at radius 3 is 2.52 bits per heavy atom. The van der Waals surface area contributed by atoms with Crippen molar-refractivity contribution in [1.82, 2.24) is 15.6 Å². The smallest absolute Gasteiger partial charge is 0.191 e. The molecule has 1 aromatic carbocycles. The number of ether oxygens (including phenoxy) is 2. The molecule has 0 unspecified atom stereocenters. The number of aliphatic imine (C=N–C) groups is 1. The summed E-state index contributed by atoms with van der Waals surface area (Å²) in [6.07, 6.45) is 0.965. The molecule has 2 rings (SSSR count). The van der Waals surface area contributed by atoms with Crippen LogP contribution in [0.15, 0.2) is 23.2 Å². The number of aromatic nitrogens is 1. The summed E-state index contributed by atoms with van der Waals surface area (Å²) in [6.45, 7) is 8.18. The number of nitrogens with one attached hydrogen (secondary N) is 2. The lowest BCUT2D eigenvalue weighted by molar-refractivity contribution is 0.294. The van der Waals surface area contributed by atoms with Crippen LogP contribution in [0.1, 0.15) is 34.5 Å². The molecule has 0 aliphatic carbocycles. The molecule has 2 N–H and O–H groups in total. The van der Waals surface area contributed by atoms with Crippen LogP contribution in [0.25, 0.3) is 0 Å². The Kier molecular flexibility index (Phi) is 10.5. The number of methoxy groups -OCH3 is 1. The van der Waals surface area contributed by atoms with E-state index in [0.717, 1.165) is 40.1 Å². The summed E-state index contributed by atoms with van der Waals surface area (Å²) in [7, 11) is 3.42. The fraction of sp³-hybridized carbons (Fsp3) is 0.474. The molecule has 6 nitrogen and oxygen atoms in total. The SMILES string of the molecule is CCCOc1ccc(CNC(=NC)NCc2sc(C)nc2C)cc1OC.I. The Morgan fingerprint density at radius 1 is 1.19 bits per heavy atom. The van der Waals surface area contributed by atoms with E-state index >= 15 is 0 Å². The van der Waals surface area contributed by atoms with Crippen LogP contribution in [0.4, 0.5) is 0 Å². The lowest BCUT2D eigenvalue weighted by atomic mass is 10.2. The van der Waals surface area contributed by atoms with Crippen LogP contribution in [-0.4, -0.2) is 31.7 Å². The zero-order chi connectivity index (χ0) is 18.9. The van der Waals surface area contributed by atoms with Gasteiger partial charge in [-0.25, -0.2) is 4.98 Å². The number of benzene rings is 1. The van der Waals surface area contributed by atoms with Crippen molar-refractivity contribution in [2.24, 2.45) is 4.99 Å². The van der Waals surface area contributed by atoms with Crippen molar-refractivity contribution in [2.75, 3.05) is 20.8 Å². The van der Waals surface area contributed by atoms with E-state index in [9.17, 15) is 0 Å². The summed E-state index contributed by atoms with van der Waals surface area (Å²) in [5.74, 6) is 2.27. The lowest BCUT2D eigenvalue weighted by Gasteiger charge is -2.14. The minimum atomic E-state index is 0. The van der Waals surface area contributed by atoms with Crippen molar-refractivity contribution in [1.29, 1.82) is 0 Å². The van der Waals surface area contributed by atoms with Crippen molar-refractivity contribution in [3.8, 4) is 11.5 Å². The first-order valence-corrected chi connectivity index (χ1v) is 9.56. The number of halogens is 1. The van der Waals surface area contributed by atoms with Crippen LogP contribution >= 0.6 is 35.3 Å². The topological polar surface area (TPSA) is 67.8 Å². The Hall–Kier alpha value is -1.55. The number of guanidine groups is 1. The van der Waals surface area contributed by atoms with Crippen molar-refractivity contribution in [3.63, 3.8) is 0 Å². The lowest BCUT2D eigenvalue weighted by Crippen LogP contribution is -2.36. The minimum Gasteiger partial charge on any atom is -0.493 e. The predicted molar refractivity (Wildman–Crippen MR) is 123 cm³/mol. The number of aryl methyl sites for hydroxylation is 2. The van der Waals surface area contributed by atoms with Gasteiger partial charge in [0.05, 0.1) is 31.0 Å². The highest BCUT2D eigenvalue weighted by atomic mass is 127. The van der Waals surface area contributed by atoms with E-state index in [4.69, 9.17) is 9.47 Å². The molecule has 0 aliphatic rings. The molecule has 0 fully saturated rings. The molecule has 0 aliphatic heterocycles. The van der Waals surface area contributed by atoms with Gasteiger partial charge in [-0.05, 0) is 38.0 Å². The zero-order valence-corrected chi connectivity index (χ0v) is 19.7. The second-order valence-electron chi connectivity index (χ2n) is 5.85. The first-order valence-electron chi connectivity index (χ1n) is 8.74. The highest BCUT2D eigenvalue weighted by molar-refractivity contribution is 14.0. The van der Waals surface area contributed by atoms with Gasteiger partial charge in [0.15, 0.2) is 17.5 Å². The minimum absolute atomic E-state index is 0. The maximum Gasteiger partial charge on any atom is 0.191 e. The Morgan fingerprint density at radius 2 is 1.93 bits per heavy atom. The number of rotatable bonds is 8. The molecular weight excluding hydrogens is 475 g/mol. The standard InChI is InChI=1S/C19H28N4O2S.HI/c1-6-9-25-16-8-7-15(10-17(16)24-5)11-21-19(20-4)22-12-18-13(2)23-14(3)26-18;/h7-8,10H,6,9,11-12H2,1-5H3,(H2,20,21,22);1H. The van der Waals surface area contributed by atoms with E-state index in [-0.39, 0.29) is 24.0 Å². The van der Waals surface area contributed by atoms with Crippen molar-refractivity contribution < 1.29 is 9.47 Å². The largest absolute Gasteiger partial charge is 0.493 e. The second kappa shape index (κ2) is 12.0. The van der Waals surface area contributed by atoms with E-state index in [1.807, 2.05) is 32.0 Å². The third-order valence-electron chi connectivity index (χ3n) is 3.79. The van der Waals surface area contributed by atoms with Crippen LogP contribution in [0.3, 0.4) is 0 Å². The third-order valence-corrected chi connectivity index (χ3v) is 4.86. The van der Waals surface area contributed by atoms with Gasteiger partial charge in [0.2, 0.25) is 0 Å². The number of thiazole rings is 1. The highest BCUT2D eigenvalue weighted by Gasteiger charge is 2.08. The molecule has 0 amide bonds. The highest BCUT2D eigenvalue weighted by Crippen LogP contribution is 2.28. The molecule has 1 aromatic heterocycles. The van der Waals surface area contributed by atoms with Crippen LogP contribution in [0, 0.1) is 13.8 Å². The van der Waals surface area contributed by atoms with E-state index in [2.05, 4.69) is 27.5 Å². The third kappa shape index (κ3) is 7.17. The van der Waals surface area contributed by atoms with Crippen LogP contribution in [0.5, 0.6) is 11.5 Å². The quantitative estimate of drug-likeness (QED) is 0.323. The van der Waals surface area contributed by atoms with Gasteiger partial charge in [0.1, 0.15) is 0 Å². The van der Waals surface area contributed by atoms with Gasteiger partial charge in [-0.2, -0.15) is 0 Å². The first-order chi connectivity index (χ1) is 12.6. The molecule has 1 heterocycles. The normalized spacial score (nSPS) is 10.9. The van der Waals surface area contributed by atoms with E-state index < -0.39 is 0 Å². The summed E-state index contributed by atoms with van der Waals surface area (Å²) < 4.78 is 11.1. The molecular formula is C19H29IN4O2S. The molecule has 0 radical (unpaired) electrons. The number of hydrogen-bond donors (Lipinski definition) is 2. The summed E-state index contributed by atoms with van der Waals surface area (Å²) >= 11 is 1.71. The maximum atomic E-state index is 5.69. The van der Waals surface area contributed by atoms with Crippen molar-refractivity contribution >= 4 is 41.3 Å². The molecule has 0 saturated carbocycles. The van der Waals surface area contributed by atoms with Gasteiger partial charge in [-0.1, -0.05) is 13.0 Å². The summed E-state index contributed by atoms with van der Waals surface area (Å²) in [6, 6.07) is 5.97.